The molecule has 0 amide bonds. The van der Waals surface area contributed by atoms with Gasteiger partial charge in [0.25, 0.3) is 0 Å². The summed E-state index contributed by atoms with van der Waals surface area (Å²) in [6, 6.07) is 6.77. The van der Waals surface area contributed by atoms with Crippen LogP contribution in [0.1, 0.15) is 36.7 Å². The van der Waals surface area contributed by atoms with Crippen LogP contribution in [0, 0.1) is 11.8 Å². The fourth-order valence-electron chi connectivity index (χ4n) is 1.24. The van der Waals surface area contributed by atoms with Crippen molar-refractivity contribution in [2.45, 2.75) is 26.4 Å². The van der Waals surface area contributed by atoms with Crippen LogP contribution >= 0.6 is 0 Å². The first-order valence-corrected chi connectivity index (χ1v) is 5.75. The number of hydrogen-bond acceptors (Lipinski definition) is 3. The van der Waals surface area contributed by atoms with Gasteiger partial charge >= 0.3 is 5.97 Å². The fraction of sp³-hybridized carbons (Fsp3) is 0.357. The Balaban J connectivity index is 2.73. The molecule has 0 aliphatic rings. The second-order valence-electron chi connectivity index (χ2n) is 4.77. The Kier molecular flexibility index (Phi) is 4.99. The highest BCUT2D eigenvalue weighted by Crippen LogP contribution is 2.12. The zero-order valence-corrected chi connectivity index (χ0v) is 11.2. The van der Waals surface area contributed by atoms with Crippen LogP contribution in [0.15, 0.2) is 29.4 Å². The maximum atomic E-state index is 11.8. The van der Waals surface area contributed by atoms with Gasteiger partial charge in [-0.05, 0) is 50.6 Å². The Morgan fingerprint density at radius 1 is 1.37 bits per heavy atom. The van der Waals surface area contributed by atoms with E-state index >= 15 is 0 Å². The summed E-state index contributed by atoms with van der Waals surface area (Å²) in [7, 11) is 0. The Labute approximate surface area is 112 Å². The Hall–Kier alpha value is -2.44. The first-order chi connectivity index (χ1) is 8.92. The number of hydrogen-bond donors (Lipinski definition) is 0. The predicted molar refractivity (Wildman–Crippen MR) is 72.5 cm³/mol. The summed E-state index contributed by atoms with van der Waals surface area (Å²) in [4.78, 5) is 14.4. The molecule has 0 aliphatic heterocycles. The molecule has 0 bridgehead atoms. The molecule has 0 heterocycles. The lowest BCUT2D eigenvalue weighted by molar-refractivity contribution is 0.00695. The average Bonchev–Trinajstić information content (AvgIpc) is 2.33. The van der Waals surface area contributed by atoms with Crippen LogP contribution in [0.2, 0.25) is 0 Å². The molecule has 0 N–H and O–H groups in total. The van der Waals surface area contributed by atoms with Gasteiger partial charge in [0.05, 0.1) is 12.1 Å². The lowest BCUT2D eigenvalue weighted by atomic mass is 10.1. The summed E-state index contributed by atoms with van der Waals surface area (Å²) >= 11 is 0. The number of rotatable bonds is 2. The third kappa shape index (κ3) is 5.62. The fourth-order valence-corrected chi connectivity index (χ4v) is 1.24. The van der Waals surface area contributed by atoms with Gasteiger partial charge in [-0.2, -0.15) is 0 Å². The standard InChI is InChI=1S/C14H15N3O2/c1-14(2,3)19-13(18)12-8-6-11(7-9-12)5-4-10-16-17-15/h6-9H,10H2,1-3H3. The van der Waals surface area contributed by atoms with Crippen LogP contribution in [0.5, 0.6) is 0 Å². The van der Waals surface area contributed by atoms with E-state index in [1.807, 2.05) is 20.8 Å². The molecule has 1 aromatic carbocycles. The summed E-state index contributed by atoms with van der Waals surface area (Å²) in [6.07, 6.45) is 0. The molecule has 98 valence electrons. The van der Waals surface area contributed by atoms with Gasteiger partial charge in [-0.1, -0.05) is 17.0 Å². The highest BCUT2D eigenvalue weighted by molar-refractivity contribution is 5.89. The van der Waals surface area contributed by atoms with Crippen LogP contribution < -0.4 is 0 Å². The molecule has 0 radical (unpaired) electrons. The number of benzene rings is 1. The summed E-state index contributed by atoms with van der Waals surface area (Å²) in [5.74, 6) is 5.17. The number of esters is 1. The molecule has 0 saturated heterocycles. The maximum Gasteiger partial charge on any atom is 0.338 e. The number of carbonyl (C=O) groups is 1. The van der Waals surface area contributed by atoms with Crippen molar-refractivity contribution in [3.8, 4) is 11.8 Å². The van der Waals surface area contributed by atoms with Gasteiger partial charge < -0.3 is 4.74 Å². The summed E-state index contributed by atoms with van der Waals surface area (Å²) in [6.45, 7) is 5.59. The molecule has 5 nitrogen and oxygen atoms in total. The van der Waals surface area contributed by atoms with Gasteiger partial charge in [0.1, 0.15) is 5.60 Å². The quantitative estimate of drug-likeness (QED) is 0.268. The van der Waals surface area contributed by atoms with E-state index in [2.05, 4.69) is 21.9 Å². The first-order valence-electron chi connectivity index (χ1n) is 5.75. The summed E-state index contributed by atoms with van der Waals surface area (Å²) < 4.78 is 5.25. The SMILES string of the molecule is CC(C)(C)OC(=O)c1ccc(C#CCN=[N+]=[N-])cc1. The highest BCUT2D eigenvalue weighted by atomic mass is 16.6. The number of carbonyl (C=O) groups excluding carboxylic acids is 1. The molecular weight excluding hydrogens is 242 g/mol. The summed E-state index contributed by atoms with van der Waals surface area (Å²) in [5, 5.41) is 3.31. The van der Waals surface area contributed by atoms with Crippen molar-refractivity contribution in [1.29, 1.82) is 0 Å². The van der Waals surface area contributed by atoms with Gasteiger partial charge in [-0.15, -0.1) is 0 Å². The molecule has 0 aliphatic carbocycles. The lowest BCUT2D eigenvalue weighted by Gasteiger charge is -2.19. The van der Waals surface area contributed by atoms with E-state index in [1.165, 1.54) is 0 Å². The minimum absolute atomic E-state index is 0.129. The number of azide groups is 1. The first kappa shape index (κ1) is 14.6. The van der Waals surface area contributed by atoms with E-state index < -0.39 is 5.60 Å². The summed E-state index contributed by atoms with van der Waals surface area (Å²) in [5.41, 5.74) is 8.82. The molecular formula is C14H15N3O2. The van der Waals surface area contributed by atoms with E-state index in [0.717, 1.165) is 5.56 Å². The molecule has 19 heavy (non-hydrogen) atoms. The normalized spacial score (nSPS) is 9.84. The van der Waals surface area contributed by atoms with Crippen molar-refractivity contribution in [2.75, 3.05) is 6.54 Å². The van der Waals surface area contributed by atoms with E-state index in [-0.39, 0.29) is 12.5 Å². The van der Waals surface area contributed by atoms with Crippen molar-refractivity contribution in [2.24, 2.45) is 5.11 Å². The Morgan fingerprint density at radius 3 is 2.53 bits per heavy atom. The second kappa shape index (κ2) is 6.48. The van der Waals surface area contributed by atoms with Gasteiger partial charge in [0.2, 0.25) is 0 Å². The minimum Gasteiger partial charge on any atom is -0.456 e. The van der Waals surface area contributed by atoms with Crippen molar-refractivity contribution in [1.82, 2.24) is 0 Å². The van der Waals surface area contributed by atoms with Crippen LogP contribution in [-0.4, -0.2) is 18.1 Å². The smallest absolute Gasteiger partial charge is 0.338 e. The Morgan fingerprint density at radius 2 is 2.00 bits per heavy atom. The Bertz CT molecular complexity index is 553. The van der Waals surface area contributed by atoms with Crippen molar-refractivity contribution >= 4 is 5.97 Å². The number of nitrogens with zero attached hydrogens (tertiary/aromatic N) is 3. The zero-order valence-electron chi connectivity index (χ0n) is 11.2. The van der Waals surface area contributed by atoms with Crippen LogP contribution in [-0.2, 0) is 4.74 Å². The van der Waals surface area contributed by atoms with Gasteiger partial charge in [0.15, 0.2) is 0 Å². The van der Waals surface area contributed by atoms with Crippen LogP contribution in [0.25, 0.3) is 10.4 Å². The van der Waals surface area contributed by atoms with Crippen molar-refractivity contribution in [3.05, 3.63) is 45.8 Å². The third-order valence-electron chi connectivity index (χ3n) is 1.97. The van der Waals surface area contributed by atoms with Crippen molar-refractivity contribution < 1.29 is 9.53 Å². The van der Waals surface area contributed by atoms with E-state index in [9.17, 15) is 4.79 Å². The van der Waals surface area contributed by atoms with Crippen LogP contribution in [0.4, 0.5) is 0 Å². The molecule has 0 atom stereocenters. The molecule has 0 saturated carbocycles. The van der Waals surface area contributed by atoms with Gasteiger partial charge in [-0.3, -0.25) is 0 Å². The largest absolute Gasteiger partial charge is 0.456 e. The van der Waals surface area contributed by atoms with E-state index in [4.69, 9.17) is 10.3 Å². The molecule has 5 heteroatoms. The molecule has 1 rings (SSSR count). The number of ether oxygens (including phenoxy) is 1. The minimum atomic E-state index is -0.509. The topological polar surface area (TPSA) is 75.1 Å². The van der Waals surface area contributed by atoms with Crippen LogP contribution in [0.3, 0.4) is 0 Å². The zero-order chi connectivity index (χ0) is 14.3. The third-order valence-corrected chi connectivity index (χ3v) is 1.97. The second-order valence-corrected chi connectivity index (χ2v) is 4.77. The predicted octanol–water partition coefficient (Wildman–Crippen LogP) is 3.30. The van der Waals surface area contributed by atoms with Gasteiger partial charge in [-0.25, -0.2) is 4.79 Å². The van der Waals surface area contributed by atoms with E-state index in [1.54, 1.807) is 24.3 Å². The van der Waals surface area contributed by atoms with Gasteiger partial charge in [0, 0.05) is 10.5 Å². The highest BCUT2D eigenvalue weighted by Gasteiger charge is 2.17. The van der Waals surface area contributed by atoms with Crippen molar-refractivity contribution in [3.63, 3.8) is 0 Å². The molecule has 1 aromatic rings. The monoisotopic (exact) mass is 257 g/mol. The van der Waals surface area contributed by atoms with E-state index in [0.29, 0.717) is 5.56 Å². The average molecular weight is 257 g/mol. The maximum absolute atomic E-state index is 11.8. The lowest BCUT2D eigenvalue weighted by Crippen LogP contribution is -2.23. The molecule has 0 spiro atoms. The molecule has 0 fully saturated rings. The molecule has 0 aromatic heterocycles. The molecule has 0 unspecified atom stereocenters.